The van der Waals surface area contributed by atoms with Gasteiger partial charge in [0.25, 0.3) is 0 Å². The topological polar surface area (TPSA) is 35.2 Å². The Morgan fingerprint density at radius 2 is 2.13 bits per heavy atom. The number of fused-ring (bicyclic) bond motifs is 1. The fourth-order valence-electron chi connectivity index (χ4n) is 2.10. The van der Waals surface area contributed by atoms with Gasteiger partial charge in [-0.15, -0.1) is 11.3 Å². The summed E-state index contributed by atoms with van der Waals surface area (Å²) >= 11 is 1.95. The molecule has 1 aliphatic carbocycles. The lowest BCUT2D eigenvalue weighted by Gasteiger charge is -2.21. The van der Waals surface area contributed by atoms with E-state index in [0.717, 1.165) is 0 Å². The van der Waals surface area contributed by atoms with E-state index < -0.39 is 0 Å². The van der Waals surface area contributed by atoms with Crippen molar-refractivity contribution < 1.29 is 4.84 Å². The Labute approximate surface area is 95.4 Å². The molecule has 0 radical (unpaired) electrons. The summed E-state index contributed by atoms with van der Waals surface area (Å²) < 4.78 is 0. The molecular weight excluding hydrogens is 206 g/mol. The largest absolute Gasteiger partial charge is 0.304 e. The van der Waals surface area contributed by atoms with Gasteiger partial charge in [0.15, 0.2) is 0 Å². The first-order valence-electron chi connectivity index (χ1n) is 5.57. The molecule has 0 bridgehead atoms. The predicted molar refractivity (Wildman–Crippen MR) is 64.1 cm³/mol. The first kappa shape index (κ1) is 11.1. The van der Waals surface area contributed by atoms with E-state index in [1.807, 2.05) is 11.3 Å². The quantitative estimate of drug-likeness (QED) is 0.803. The third-order valence-corrected chi connectivity index (χ3v) is 4.71. The van der Waals surface area contributed by atoms with E-state index in [4.69, 9.17) is 10.7 Å². The second-order valence-electron chi connectivity index (χ2n) is 4.96. The van der Waals surface area contributed by atoms with Crippen LogP contribution in [0.25, 0.3) is 0 Å². The van der Waals surface area contributed by atoms with Gasteiger partial charge in [0.2, 0.25) is 0 Å². The minimum Gasteiger partial charge on any atom is -0.304 e. The van der Waals surface area contributed by atoms with E-state index in [0.29, 0.717) is 6.61 Å². The second-order valence-corrected chi connectivity index (χ2v) is 6.10. The molecule has 1 aliphatic rings. The Bertz CT molecular complexity index is 320. The molecule has 0 spiro atoms. The molecule has 2 rings (SSSR count). The van der Waals surface area contributed by atoms with E-state index in [1.165, 1.54) is 30.6 Å². The van der Waals surface area contributed by atoms with Crippen LogP contribution < -0.4 is 5.90 Å². The molecule has 0 aromatic carbocycles. The molecule has 0 fully saturated rings. The molecule has 1 aromatic heterocycles. The predicted octanol–water partition coefficient (Wildman–Crippen LogP) is 2.79. The molecular formula is C12H19NOS. The van der Waals surface area contributed by atoms with Gasteiger partial charge < -0.3 is 4.84 Å². The highest BCUT2D eigenvalue weighted by Gasteiger charge is 2.25. The molecule has 0 atom stereocenters. The molecule has 15 heavy (non-hydrogen) atoms. The average molecular weight is 225 g/mol. The molecule has 2 N–H and O–H groups in total. The van der Waals surface area contributed by atoms with Crippen LogP contribution in [0.4, 0.5) is 0 Å². The van der Waals surface area contributed by atoms with Gasteiger partial charge in [0.1, 0.15) is 0 Å². The van der Waals surface area contributed by atoms with Gasteiger partial charge >= 0.3 is 0 Å². The Kier molecular flexibility index (Phi) is 3.14. The van der Waals surface area contributed by atoms with Crippen molar-refractivity contribution in [3.63, 3.8) is 0 Å². The summed E-state index contributed by atoms with van der Waals surface area (Å²) in [6.07, 6.45) is 5.21. The first-order valence-corrected chi connectivity index (χ1v) is 6.39. The normalized spacial score (nSPS) is 16.5. The Balaban J connectivity index is 2.25. The zero-order valence-corrected chi connectivity index (χ0v) is 10.3. The Morgan fingerprint density at radius 3 is 2.80 bits per heavy atom. The van der Waals surface area contributed by atoms with Gasteiger partial charge in [-0.25, -0.2) is 5.90 Å². The number of aryl methyl sites for hydroxylation is 2. The average Bonchev–Trinajstić information content (AvgIpc) is 2.61. The monoisotopic (exact) mass is 225 g/mol. The number of hydrogen-bond acceptors (Lipinski definition) is 3. The molecule has 0 amide bonds. The number of rotatable bonds is 3. The molecule has 0 unspecified atom stereocenters. The van der Waals surface area contributed by atoms with E-state index >= 15 is 0 Å². The lowest BCUT2D eigenvalue weighted by Crippen LogP contribution is -2.25. The van der Waals surface area contributed by atoms with E-state index in [2.05, 4.69) is 19.9 Å². The van der Waals surface area contributed by atoms with Crippen LogP contribution in [0.3, 0.4) is 0 Å². The van der Waals surface area contributed by atoms with Crippen molar-refractivity contribution in [3.05, 3.63) is 21.4 Å². The molecule has 1 aromatic rings. The van der Waals surface area contributed by atoms with Gasteiger partial charge in [-0.1, -0.05) is 13.8 Å². The lowest BCUT2D eigenvalue weighted by atomic mass is 9.91. The van der Waals surface area contributed by atoms with Crippen molar-refractivity contribution in [1.29, 1.82) is 0 Å². The van der Waals surface area contributed by atoms with Crippen molar-refractivity contribution in [2.45, 2.75) is 44.9 Å². The Morgan fingerprint density at radius 1 is 1.40 bits per heavy atom. The van der Waals surface area contributed by atoms with Crippen LogP contribution in [0.2, 0.25) is 0 Å². The standard InChI is InChI=1S/C12H19NOS/c1-12(2,8-14-13)11-7-9-5-3-4-6-10(9)15-11/h7H,3-6,8,13H2,1-2H3. The molecule has 0 saturated carbocycles. The molecule has 3 heteroatoms. The minimum absolute atomic E-state index is 0.0523. The summed E-state index contributed by atoms with van der Waals surface area (Å²) in [5.41, 5.74) is 1.61. The van der Waals surface area contributed by atoms with Crippen molar-refractivity contribution in [1.82, 2.24) is 0 Å². The van der Waals surface area contributed by atoms with Crippen LogP contribution in [0.1, 0.15) is 42.0 Å². The maximum absolute atomic E-state index is 5.18. The fourth-order valence-corrected chi connectivity index (χ4v) is 3.44. The van der Waals surface area contributed by atoms with Gasteiger partial charge in [-0.2, -0.15) is 0 Å². The highest BCUT2D eigenvalue weighted by Crippen LogP contribution is 2.36. The van der Waals surface area contributed by atoms with Gasteiger partial charge in [0, 0.05) is 15.2 Å². The maximum Gasteiger partial charge on any atom is 0.0778 e. The molecule has 1 heterocycles. The van der Waals surface area contributed by atoms with E-state index in [1.54, 1.807) is 10.4 Å². The Hall–Kier alpha value is -0.380. The zero-order valence-electron chi connectivity index (χ0n) is 9.51. The van der Waals surface area contributed by atoms with Crippen molar-refractivity contribution in [2.75, 3.05) is 6.61 Å². The molecule has 0 saturated heterocycles. The number of hydrogen-bond donors (Lipinski definition) is 1. The number of thiophene rings is 1. The van der Waals surface area contributed by atoms with Crippen molar-refractivity contribution in [2.24, 2.45) is 5.90 Å². The molecule has 2 nitrogen and oxygen atoms in total. The first-order chi connectivity index (χ1) is 7.13. The van der Waals surface area contributed by atoms with E-state index in [-0.39, 0.29) is 5.41 Å². The maximum atomic E-state index is 5.18. The third-order valence-electron chi connectivity index (χ3n) is 3.11. The van der Waals surface area contributed by atoms with Crippen LogP contribution in [0.5, 0.6) is 0 Å². The van der Waals surface area contributed by atoms with Gasteiger partial charge in [-0.05, 0) is 37.3 Å². The van der Waals surface area contributed by atoms with Crippen LogP contribution in [0.15, 0.2) is 6.07 Å². The minimum atomic E-state index is 0.0523. The lowest BCUT2D eigenvalue weighted by molar-refractivity contribution is 0.0976. The highest BCUT2D eigenvalue weighted by molar-refractivity contribution is 7.12. The van der Waals surface area contributed by atoms with Crippen LogP contribution in [-0.2, 0) is 23.1 Å². The second kappa shape index (κ2) is 4.24. The fraction of sp³-hybridized carbons (Fsp3) is 0.667. The summed E-state index contributed by atoms with van der Waals surface area (Å²) in [5.74, 6) is 5.18. The van der Waals surface area contributed by atoms with Gasteiger partial charge in [-0.3, -0.25) is 0 Å². The molecule has 84 valence electrons. The highest BCUT2D eigenvalue weighted by atomic mass is 32.1. The SMILES string of the molecule is CC(C)(CON)c1cc2c(s1)CCCC2. The van der Waals surface area contributed by atoms with Crippen LogP contribution in [-0.4, -0.2) is 6.61 Å². The van der Waals surface area contributed by atoms with E-state index in [9.17, 15) is 0 Å². The van der Waals surface area contributed by atoms with Crippen molar-refractivity contribution in [3.8, 4) is 0 Å². The summed E-state index contributed by atoms with van der Waals surface area (Å²) in [5, 5.41) is 0. The molecule has 0 aliphatic heterocycles. The van der Waals surface area contributed by atoms with Gasteiger partial charge in [0.05, 0.1) is 6.61 Å². The smallest absolute Gasteiger partial charge is 0.0778 e. The third kappa shape index (κ3) is 2.25. The summed E-state index contributed by atoms with van der Waals surface area (Å²) in [6.45, 7) is 4.97. The van der Waals surface area contributed by atoms with Crippen LogP contribution in [0, 0.1) is 0 Å². The van der Waals surface area contributed by atoms with Crippen LogP contribution >= 0.6 is 11.3 Å². The zero-order chi connectivity index (χ0) is 10.9. The summed E-state index contributed by atoms with van der Waals surface area (Å²) in [6, 6.07) is 2.36. The summed E-state index contributed by atoms with van der Waals surface area (Å²) in [4.78, 5) is 7.80. The summed E-state index contributed by atoms with van der Waals surface area (Å²) in [7, 11) is 0. The van der Waals surface area contributed by atoms with Crippen molar-refractivity contribution >= 4 is 11.3 Å². The number of nitrogens with two attached hydrogens (primary N) is 1.